The molecular formula is C14H23NO. The molecule has 0 heterocycles. The number of hydrogen-bond donors (Lipinski definition) is 1. The normalized spacial score (nSPS) is 14.9. The number of ether oxygens (including phenoxy) is 1. The predicted octanol–water partition coefficient (Wildman–Crippen LogP) is 3.39. The Morgan fingerprint density at radius 2 is 1.56 bits per heavy atom. The maximum atomic E-state index is 5.15. The maximum Gasteiger partial charge on any atom is 0.118 e. The Bertz CT molecular complexity index is 305. The quantitative estimate of drug-likeness (QED) is 0.823. The number of nitrogens with one attached hydrogen (secondary N) is 1. The van der Waals surface area contributed by atoms with E-state index in [4.69, 9.17) is 4.74 Å². The first kappa shape index (κ1) is 13.0. The first-order valence-corrected chi connectivity index (χ1v) is 5.94. The highest BCUT2D eigenvalue weighted by atomic mass is 16.5. The van der Waals surface area contributed by atoms with E-state index in [0.717, 1.165) is 5.75 Å². The van der Waals surface area contributed by atoms with Gasteiger partial charge >= 0.3 is 0 Å². The molecule has 16 heavy (non-hydrogen) atoms. The number of methoxy groups -OCH3 is 1. The molecule has 2 heteroatoms. The summed E-state index contributed by atoms with van der Waals surface area (Å²) in [4.78, 5) is 0. The van der Waals surface area contributed by atoms with Crippen LogP contribution < -0.4 is 10.1 Å². The molecule has 0 aromatic heterocycles. The number of hydrogen-bond acceptors (Lipinski definition) is 2. The van der Waals surface area contributed by atoms with E-state index in [0.29, 0.717) is 18.0 Å². The standard InChI is InChI=1S/C14H23NO/c1-10(2)11(3)15-12(4)13-6-8-14(16-5)9-7-13/h6-12,15H,1-5H3/t11?,12-/m0/s1. The smallest absolute Gasteiger partial charge is 0.118 e. The average molecular weight is 221 g/mol. The third-order valence-electron chi connectivity index (χ3n) is 3.13. The predicted molar refractivity (Wildman–Crippen MR) is 68.8 cm³/mol. The van der Waals surface area contributed by atoms with Gasteiger partial charge in [0.15, 0.2) is 0 Å². The molecule has 1 N–H and O–H groups in total. The van der Waals surface area contributed by atoms with Crippen LogP contribution in [0.15, 0.2) is 24.3 Å². The van der Waals surface area contributed by atoms with Gasteiger partial charge in [-0.2, -0.15) is 0 Å². The van der Waals surface area contributed by atoms with Gasteiger partial charge in [0, 0.05) is 12.1 Å². The summed E-state index contributed by atoms with van der Waals surface area (Å²) in [5.41, 5.74) is 1.30. The topological polar surface area (TPSA) is 21.3 Å². The van der Waals surface area contributed by atoms with Crippen molar-refractivity contribution in [3.8, 4) is 5.75 Å². The van der Waals surface area contributed by atoms with Crippen LogP contribution in [-0.4, -0.2) is 13.2 Å². The fraction of sp³-hybridized carbons (Fsp3) is 0.571. The SMILES string of the molecule is COc1ccc([C@H](C)NC(C)C(C)C)cc1. The van der Waals surface area contributed by atoms with E-state index in [9.17, 15) is 0 Å². The average Bonchev–Trinajstić information content (AvgIpc) is 2.28. The van der Waals surface area contributed by atoms with E-state index in [2.05, 4.69) is 45.1 Å². The molecule has 0 aliphatic carbocycles. The van der Waals surface area contributed by atoms with E-state index < -0.39 is 0 Å². The number of benzene rings is 1. The Hall–Kier alpha value is -1.02. The summed E-state index contributed by atoms with van der Waals surface area (Å²) in [6, 6.07) is 9.15. The Balaban J connectivity index is 2.62. The van der Waals surface area contributed by atoms with E-state index in [-0.39, 0.29) is 0 Å². The first-order chi connectivity index (χ1) is 7.54. The molecule has 1 rings (SSSR count). The van der Waals surface area contributed by atoms with Crippen molar-refractivity contribution < 1.29 is 4.74 Å². The number of rotatable bonds is 5. The minimum absolute atomic E-state index is 0.378. The largest absolute Gasteiger partial charge is 0.497 e. The molecule has 0 radical (unpaired) electrons. The van der Waals surface area contributed by atoms with E-state index >= 15 is 0 Å². The molecule has 90 valence electrons. The molecule has 2 nitrogen and oxygen atoms in total. The Labute approximate surface area is 99.0 Å². The van der Waals surface area contributed by atoms with Crippen LogP contribution in [0.2, 0.25) is 0 Å². The van der Waals surface area contributed by atoms with Crippen molar-refractivity contribution in [2.24, 2.45) is 5.92 Å². The second kappa shape index (κ2) is 5.90. The highest BCUT2D eigenvalue weighted by Crippen LogP contribution is 2.18. The van der Waals surface area contributed by atoms with Gasteiger partial charge in [0.2, 0.25) is 0 Å². The molecule has 0 aliphatic rings. The van der Waals surface area contributed by atoms with Crippen molar-refractivity contribution in [2.45, 2.75) is 39.8 Å². The summed E-state index contributed by atoms with van der Waals surface area (Å²) in [7, 11) is 1.69. The summed E-state index contributed by atoms with van der Waals surface area (Å²) >= 11 is 0. The zero-order chi connectivity index (χ0) is 12.1. The van der Waals surface area contributed by atoms with E-state index in [1.165, 1.54) is 5.56 Å². The van der Waals surface area contributed by atoms with Crippen molar-refractivity contribution in [1.82, 2.24) is 5.32 Å². The molecule has 1 unspecified atom stereocenters. The highest BCUT2D eigenvalue weighted by Gasteiger charge is 2.11. The summed E-state index contributed by atoms with van der Waals surface area (Å²) in [6.07, 6.45) is 0. The van der Waals surface area contributed by atoms with Gasteiger partial charge in [0.05, 0.1) is 7.11 Å². The zero-order valence-electron chi connectivity index (χ0n) is 10.9. The first-order valence-electron chi connectivity index (χ1n) is 5.94. The summed E-state index contributed by atoms with van der Waals surface area (Å²) in [6.45, 7) is 8.89. The lowest BCUT2D eigenvalue weighted by molar-refractivity contribution is 0.388. The van der Waals surface area contributed by atoms with Crippen LogP contribution in [0.1, 0.15) is 39.3 Å². The molecule has 0 fully saturated rings. The van der Waals surface area contributed by atoms with Crippen LogP contribution in [0, 0.1) is 5.92 Å². The minimum atomic E-state index is 0.378. The third-order valence-corrected chi connectivity index (χ3v) is 3.13. The summed E-state index contributed by atoms with van der Waals surface area (Å²) in [5, 5.41) is 3.59. The molecule has 0 bridgehead atoms. The molecule has 1 aromatic carbocycles. The molecule has 0 saturated carbocycles. The third kappa shape index (κ3) is 3.53. The molecule has 0 amide bonds. The van der Waals surface area contributed by atoms with Crippen LogP contribution >= 0.6 is 0 Å². The fourth-order valence-corrected chi connectivity index (χ4v) is 1.58. The lowest BCUT2D eigenvalue weighted by Gasteiger charge is -2.23. The minimum Gasteiger partial charge on any atom is -0.497 e. The van der Waals surface area contributed by atoms with Gasteiger partial charge in [-0.05, 0) is 37.5 Å². The van der Waals surface area contributed by atoms with E-state index in [1.54, 1.807) is 7.11 Å². The van der Waals surface area contributed by atoms with Crippen molar-refractivity contribution in [3.05, 3.63) is 29.8 Å². The van der Waals surface area contributed by atoms with Crippen molar-refractivity contribution >= 4 is 0 Å². The van der Waals surface area contributed by atoms with Crippen LogP contribution in [0.4, 0.5) is 0 Å². The van der Waals surface area contributed by atoms with Gasteiger partial charge in [-0.25, -0.2) is 0 Å². The molecule has 1 aromatic rings. The van der Waals surface area contributed by atoms with Crippen molar-refractivity contribution in [3.63, 3.8) is 0 Å². The van der Waals surface area contributed by atoms with Gasteiger partial charge in [0.25, 0.3) is 0 Å². The second-order valence-electron chi connectivity index (χ2n) is 4.69. The summed E-state index contributed by atoms with van der Waals surface area (Å²) < 4.78 is 5.15. The maximum absolute atomic E-state index is 5.15. The van der Waals surface area contributed by atoms with Crippen LogP contribution in [0.3, 0.4) is 0 Å². The Morgan fingerprint density at radius 1 is 1.00 bits per heavy atom. The van der Waals surface area contributed by atoms with Crippen molar-refractivity contribution in [2.75, 3.05) is 7.11 Å². The van der Waals surface area contributed by atoms with Gasteiger partial charge in [-0.3, -0.25) is 0 Å². The molecule has 2 atom stereocenters. The Morgan fingerprint density at radius 3 is 2.00 bits per heavy atom. The Kier molecular flexibility index (Phi) is 4.81. The van der Waals surface area contributed by atoms with Gasteiger partial charge in [-0.1, -0.05) is 26.0 Å². The van der Waals surface area contributed by atoms with Gasteiger partial charge < -0.3 is 10.1 Å². The molecular weight excluding hydrogens is 198 g/mol. The van der Waals surface area contributed by atoms with E-state index in [1.807, 2.05) is 12.1 Å². The molecule has 0 spiro atoms. The lowest BCUT2D eigenvalue weighted by Crippen LogP contribution is -2.32. The molecule has 0 saturated heterocycles. The van der Waals surface area contributed by atoms with Crippen LogP contribution in [0.5, 0.6) is 5.75 Å². The van der Waals surface area contributed by atoms with Crippen molar-refractivity contribution in [1.29, 1.82) is 0 Å². The fourth-order valence-electron chi connectivity index (χ4n) is 1.58. The highest BCUT2D eigenvalue weighted by molar-refractivity contribution is 5.28. The summed E-state index contributed by atoms with van der Waals surface area (Å²) in [5.74, 6) is 1.56. The van der Waals surface area contributed by atoms with Crippen LogP contribution in [-0.2, 0) is 0 Å². The second-order valence-corrected chi connectivity index (χ2v) is 4.69. The lowest BCUT2D eigenvalue weighted by atomic mass is 10.0. The zero-order valence-corrected chi connectivity index (χ0v) is 10.9. The van der Waals surface area contributed by atoms with Crippen LogP contribution in [0.25, 0.3) is 0 Å². The molecule has 0 aliphatic heterocycles. The van der Waals surface area contributed by atoms with Gasteiger partial charge in [0.1, 0.15) is 5.75 Å². The van der Waals surface area contributed by atoms with Gasteiger partial charge in [-0.15, -0.1) is 0 Å². The monoisotopic (exact) mass is 221 g/mol.